The number of hydrogen-bond donors (Lipinski definition) is 1. The number of nitrogens with zero attached hydrogens (tertiary/aromatic N) is 4. The molecule has 0 radical (unpaired) electrons. The van der Waals surface area contributed by atoms with Crippen molar-refractivity contribution in [2.75, 3.05) is 31.5 Å². The minimum Gasteiger partial charge on any atom is -0.339 e. The Balaban J connectivity index is 1.65. The van der Waals surface area contributed by atoms with Crippen LogP contribution in [0.15, 0.2) is 30.3 Å². The van der Waals surface area contributed by atoms with E-state index in [1.54, 1.807) is 21.9 Å². The van der Waals surface area contributed by atoms with Gasteiger partial charge in [-0.25, -0.2) is 0 Å². The maximum absolute atomic E-state index is 12.5. The molecule has 1 aromatic heterocycles. The fourth-order valence-corrected chi connectivity index (χ4v) is 2.94. The summed E-state index contributed by atoms with van der Waals surface area (Å²) >= 11 is 6.01. The lowest BCUT2D eigenvalue weighted by Crippen LogP contribution is -2.50. The number of carbonyl (C=O) groups excluding carboxylic acids is 2. The molecule has 1 aliphatic heterocycles. The molecule has 3 rings (SSSR count). The van der Waals surface area contributed by atoms with E-state index in [0.717, 1.165) is 11.3 Å². The third-order valence-corrected chi connectivity index (χ3v) is 4.59. The Morgan fingerprint density at radius 3 is 2.35 bits per heavy atom. The minimum atomic E-state index is -0.175. The summed E-state index contributed by atoms with van der Waals surface area (Å²) in [5, 5.41) is 11.9. The topological polar surface area (TPSA) is 78.4 Å². The number of carbonyl (C=O) groups is 2. The summed E-state index contributed by atoms with van der Waals surface area (Å²) in [5.41, 5.74) is 2.15. The van der Waals surface area contributed by atoms with Crippen LogP contribution in [-0.4, -0.2) is 58.0 Å². The molecule has 0 spiro atoms. The van der Waals surface area contributed by atoms with E-state index < -0.39 is 0 Å². The molecule has 1 aromatic carbocycles. The van der Waals surface area contributed by atoms with Crippen molar-refractivity contribution in [3.8, 4) is 0 Å². The summed E-state index contributed by atoms with van der Waals surface area (Å²) in [6.07, 6.45) is 0. The Bertz CT molecular complexity index is 817. The smallest absolute Gasteiger partial charge is 0.274 e. The zero-order chi connectivity index (χ0) is 18.7. The predicted octanol–water partition coefficient (Wildman–Crippen LogP) is 2.49. The van der Waals surface area contributed by atoms with Crippen LogP contribution in [0.1, 0.15) is 23.0 Å². The van der Waals surface area contributed by atoms with Gasteiger partial charge in [-0.3, -0.25) is 9.59 Å². The standard InChI is InChI=1S/C18H20ClN5O2/c1-12-3-4-14(19)11-16(12)20-17-6-5-15(21-22-17)18(26)24-9-7-23(8-10-24)13(2)25/h3-6,11H,7-10H2,1-2H3,(H,20,22). The lowest BCUT2D eigenvalue weighted by Gasteiger charge is -2.33. The van der Waals surface area contributed by atoms with Crippen LogP contribution in [0.2, 0.25) is 5.02 Å². The zero-order valence-electron chi connectivity index (χ0n) is 14.7. The van der Waals surface area contributed by atoms with E-state index in [-0.39, 0.29) is 17.5 Å². The third-order valence-electron chi connectivity index (χ3n) is 4.36. The summed E-state index contributed by atoms with van der Waals surface area (Å²) in [6.45, 7) is 5.59. The number of aryl methyl sites for hydroxylation is 1. The molecule has 0 atom stereocenters. The van der Waals surface area contributed by atoms with Crippen molar-refractivity contribution in [2.24, 2.45) is 0 Å². The summed E-state index contributed by atoms with van der Waals surface area (Å²) in [6, 6.07) is 8.91. The monoisotopic (exact) mass is 373 g/mol. The number of aromatic nitrogens is 2. The Labute approximate surface area is 157 Å². The van der Waals surface area contributed by atoms with Crippen LogP contribution in [0.4, 0.5) is 11.5 Å². The predicted molar refractivity (Wildman–Crippen MR) is 99.7 cm³/mol. The van der Waals surface area contributed by atoms with Gasteiger partial charge in [0.15, 0.2) is 11.5 Å². The van der Waals surface area contributed by atoms with Gasteiger partial charge in [0, 0.05) is 43.8 Å². The second-order valence-corrected chi connectivity index (χ2v) is 6.62. The van der Waals surface area contributed by atoms with Crippen molar-refractivity contribution in [1.82, 2.24) is 20.0 Å². The summed E-state index contributed by atoms with van der Waals surface area (Å²) < 4.78 is 0. The van der Waals surface area contributed by atoms with Crippen molar-refractivity contribution in [1.29, 1.82) is 0 Å². The molecule has 0 unspecified atom stereocenters. The first kappa shape index (κ1) is 18.1. The molecule has 0 aliphatic carbocycles. The Kier molecular flexibility index (Phi) is 5.37. The van der Waals surface area contributed by atoms with Crippen LogP contribution in [0.3, 0.4) is 0 Å². The number of rotatable bonds is 3. The molecule has 1 saturated heterocycles. The molecular formula is C18H20ClN5O2. The second-order valence-electron chi connectivity index (χ2n) is 6.19. The first-order valence-corrected chi connectivity index (χ1v) is 8.73. The molecule has 7 nitrogen and oxygen atoms in total. The maximum Gasteiger partial charge on any atom is 0.274 e. The van der Waals surface area contributed by atoms with Crippen molar-refractivity contribution in [3.05, 3.63) is 46.6 Å². The third kappa shape index (κ3) is 4.11. The number of halogens is 1. The molecule has 8 heteroatoms. The van der Waals surface area contributed by atoms with Crippen LogP contribution < -0.4 is 5.32 Å². The van der Waals surface area contributed by atoms with E-state index in [9.17, 15) is 9.59 Å². The van der Waals surface area contributed by atoms with Gasteiger partial charge in [-0.05, 0) is 36.8 Å². The number of nitrogens with one attached hydrogen (secondary N) is 1. The maximum atomic E-state index is 12.5. The van der Waals surface area contributed by atoms with Gasteiger partial charge < -0.3 is 15.1 Å². The van der Waals surface area contributed by atoms with Crippen molar-refractivity contribution in [2.45, 2.75) is 13.8 Å². The average molecular weight is 374 g/mol. The number of anilines is 2. The summed E-state index contributed by atoms with van der Waals surface area (Å²) in [4.78, 5) is 27.3. The summed E-state index contributed by atoms with van der Waals surface area (Å²) in [5.74, 6) is 0.392. The fraction of sp³-hybridized carbons (Fsp3) is 0.333. The molecule has 1 aliphatic rings. The van der Waals surface area contributed by atoms with E-state index in [1.165, 1.54) is 6.92 Å². The second kappa shape index (κ2) is 7.70. The molecule has 2 heterocycles. The number of benzene rings is 1. The van der Waals surface area contributed by atoms with Gasteiger partial charge in [-0.2, -0.15) is 0 Å². The molecule has 26 heavy (non-hydrogen) atoms. The normalized spacial score (nSPS) is 14.3. The highest BCUT2D eigenvalue weighted by Crippen LogP contribution is 2.23. The van der Waals surface area contributed by atoms with Gasteiger partial charge in [0.25, 0.3) is 5.91 Å². The minimum absolute atomic E-state index is 0.0311. The average Bonchev–Trinajstić information content (AvgIpc) is 2.65. The fourth-order valence-electron chi connectivity index (χ4n) is 2.77. The number of amides is 2. The molecule has 2 amide bonds. The zero-order valence-corrected chi connectivity index (χ0v) is 15.5. The highest BCUT2D eigenvalue weighted by atomic mass is 35.5. The van der Waals surface area contributed by atoms with E-state index >= 15 is 0 Å². The largest absolute Gasteiger partial charge is 0.339 e. The SMILES string of the molecule is CC(=O)N1CCN(C(=O)c2ccc(Nc3cc(Cl)ccc3C)nn2)CC1. The number of hydrogen-bond acceptors (Lipinski definition) is 5. The van der Waals surface area contributed by atoms with Crippen molar-refractivity contribution >= 4 is 34.9 Å². The van der Waals surface area contributed by atoms with Crippen LogP contribution in [0, 0.1) is 6.92 Å². The van der Waals surface area contributed by atoms with Gasteiger partial charge in [0.2, 0.25) is 5.91 Å². The Morgan fingerprint density at radius 1 is 1.04 bits per heavy atom. The molecule has 1 fully saturated rings. The van der Waals surface area contributed by atoms with Gasteiger partial charge in [-0.15, -0.1) is 10.2 Å². The Hall–Kier alpha value is -2.67. The first-order valence-electron chi connectivity index (χ1n) is 8.36. The highest BCUT2D eigenvalue weighted by molar-refractivity contribution is 6.30. The van der Waals surface area contributed by atoms with E-state index in [0.29, 0.717) is 37.0 Å². The van der Waals surface area contributed by atoms with Crippen LogP contribution in [0.5, 0.6) is 0 Å². The number of piperazine rings is 1. The first-order chi connectivity index (χ1) is 12.4. The van der Waals surface area contributed by atoms with Crippen LogP contribution >= 0.6 is 11.6 Å². The van der Waals surface area contributed by atoms with E-state index in [4.69, 9.17) is 11.6 Å². The van der Waals surface area contributed by atoms with Gasteiger partial charge >= 0.3 is 0 Å². The molecule has 1 N–H and O–H groups in total. The van der Waals surface area contributed by atoms with Gasteiger partial charge in [0.1, 0.15) is 0 Å². The molecule has 0 bridgehead atoms. The summed E-state index contributed by atoms with van der Waals surface area (Å²) in [7, 11) is 0. The lowest BCUT2D eigenvalue weighted by molar-refractivity contribution is -0.130. The van der Waals surface area contributed by atoms with E-state index in [1.807, 2.05) is 25.1 Å². The van der Waals surface area contributed by atoms with Gasteiger partial charge in [0.05, 0.1) is 0 Å². The molecule has 2 aromatic rings. The Morgan fingerprint density at radius 2 is 1.73 bits per heavy atom. The lowest BCUT2D eigenvalue weighted by atomic mass is 10.2. The molecule has 0 saturated carbocycles. The highest BCUT2D eigenvalue weighted by Gasteiger charge is 2.24. The van der Waals surface area contributed by atoms with Crippen molar-refractivity contribution < 1.29 is 9.59 Å². The molecule has 136 valence electrons. The van der Waals surface area contributed by atoms with Gasteiger partial charge in [-0.1, -0.05) is 17.7 Å². The van der Waals surface area contributed by atoms with Crippen LogP contribution in [0.25, 0.3) is 0 Å². The quantitative estimate of drug-likeness (QED) is 0.894. The van der Waals surface area contributed by atoms with Crippen molar-refractivity contribution in [3.63, 3.8) is 0 Å². The molecular weight excluding hydrogens is 354 g/mol. The van der Waals surface area contributed by atoms with Crippen LogP contribution in [-0.2, 0) is 4.79 Å². The van der Waals surface area contributed by atoms with E-state index in [2.05, 4.69) is 15.5 Å².